The second kappa shape index (κ2) is 10.3. The number of benzene rings is 1. The smallest absolute Gasteiger partial charge is 0.260 e. The predicted molar refractivity (Wildman–Crippen MR) is 115 cm³/mol. The Hall–Kier alpha value is -2.39. The Labute approximate surface area is 186 Å². The Morgan fingerprint density at radius 2 is 1.81 bits per heavy atom. The molecular formula is C21H26ClNO7S. The standard InChI is InChI=1S/C21H26ClNO7S/c1-4-23(5-2)17(26)12-30-21-16(31(28,29)6-3)11-10-13(19(21)22)20(27)18-14(24)8-7-9-15(18)25/h10-11,24H,4-9,12H2,1-3H3. The zero-order chi connectivity index (χ0) is 23.3. The molecule has 0 atom stereocenters. The number of nitrogens with zero attached hydrogens (tertiary/aromatic N) is 1. The van der Waals surface area contributed by atoms with Gasteiger partial charge in [-0.1, -0.05) is 18.5 Å². The van der Waals surface area contributed by atoms with Crippen molar-refractivity contribution < 1.29 is 32.6 Å². The van der Waals surface area contributed by atoms with Crippen LogP contribution in [0.15, 0.2) is 28.4 Å². The van der Waals surface area contributed by atoms with E-state index in [1.165, 1.54) is 24.0 Å². The third-order valence-corrected chi connectivity index (χ3v) is 7.22. The average molecular weight is 472 g/mol. The fourth-order valence-electron chi connectivity index (χ4n) is 3.27. The maximum Gasteiger partial charge on any atom is 0.260 e. The molecule has 1 N–H and O–H groups in total. The lowest BCUT2D eigenvalue weighted by Crippen LogP contribution is -2.34. The number of carbonyl (C=O) groups is 3. The molecule has 31 heavy (non-hydrogen) atoms. The van der Waals surface area contributed by atoms with E-state index in [1.807, 2.05) is 0 Å². The number of allylic oxidation sites excluding steroid dienone is 2. The minimum atomic E-state index is -3.79. The van der Waals surface area contributed by atoms with Crippen LogP contribution in [0, 0.1) is 0 Å². The summed E-state index contributed by atoms with van der Waals surface area (Å²) in [6.07, 6.45) is 0.742. The molecule has 0 radical (unpaired) electrons. The highest BCUT2D eigenvalue weighted by Gasteiger charge is 2.31. The van der Waals surface area contributed by atoms with Gasteiger partial charge in [0.15, 0.2) is 28.0 Å². The number of aliphatic hydroxyl groups excluding tert-OH is 1. The van der Waals surface area contributed by atoms with Crippen molar-refractivity contribution in [2.24, 2.45) is 0 Å². The van der Waals surface area contributed by atoms with Crippen molar-refractivity contribution in [3.8, 4) is 5.75 Å². The molecule has 0 unspecified atom stereocenters. The topological polar surface area (TPSA) is 118 Å². The van der Waals surface area contributed by atoms with E-state index >= 15 is 0 Å². The van der Waals surface area contributed by atoms with E-state index < -0.39 is 28.0 Å². The van der Waals surface area contributed by atoms with Crippen LogP contribution in [-0.2, 0) is 19.4 Å². The highest BCUT2D eigenvalue weighted by Crippen LogP contribution is 2.37. The summed E-state index contributed by atoms with van der Waals surface area (Å²) in [6, 6.07) is 2.36. The number of aliphatic hydroxyl groups is 1. The molecule has 0 bridgehead atoms. The molecule has 2 rings (SSSR count). The molecule has 0 fully saturated rings. The van der Waals surface area contributed by atoms with Crippen LogP contribution in [0.4, 0.5) is 0 Å². The number of amides is 1. The molecule has 1 aliphatic rings. The lowest BCUT2D eigenvalue weighted by atomic mass is 9.90. The van der Waals surface area contributed by atoms with Crippen molar-refractivity contribution in [3.05, 3.63) is 34.1 Å². The van der Waals surface area contributed by atoms with Crippen LogP contribution >= 0.6 is 11.6 Å². The quantitative estimate of drug-likeness (QED) is 0.434. The van der Waals surface area contributed by atoms with Gasteiger partial charge in [-0.05, 0) is 32.4 Å². The van der Waals surface area contributed by atoms with E-state index in [2.05, 4.69) is 0 Å². The summed E-state index contributed by atoms with van der Waals surface area (Å²) in [4.78, 5) is 38.7. The van der Waals surface area contributed by atoms with Crippen molar-refractivity contribution in [1.29, 1.82) is 0 Å². The molecule has 0 heterocycles. The molecule has 170 valence electrons. The summed E-state index contributed by atoms with van der Waals surface area (Å²) in [6.45, 7) is 5.44. The molecule has 1 aromatic carbocycles. The van der Waals surface area contributed by atoms with Gasteiger partial charge in [0.05, 0.1) is 10.8 Å². The molecule has 0 saturated heterocycles. The largest absolute Gasteiger partial charge is 0.511 e. The minimum Gasteiger partial charge on any atom is -0.511 e. The monoisotopic (exact) mass is 471 g/mol. The Balaban J connectivity index is 2.54. The number of Topliss-reactive ketones (excluding diaryl/α,β-unsaturated/α-hetero) is 2. The maximum atomic E-state index is 13.0. The molecule has 10 heteroatoms. The van der Waals surface area contributed by atoms with Gasteiger partial charge in [0, 0.05) is 31.5 Å². The van der Waals surface area contributed by atoms with Crippen molar-refractivity contribution >= 4 is 38.9 Å². The highest BCUT2D eigenvalue weighted by molar-refractivity contribution is 7.91. The number of likely N-dealkylation sites (N-methyl/N-ethyl adjacent to an activating group) is 1. The lowest BCUT2D eigenvalue weighted by Gasteiger charge is -2.21. The second-order valence-electron chi connectivity index (χ2n) is 6.94. The first-order chi connectivity index (χ1) is 14.6. The third-order valence-electron chi connectivity index (χ3n) is 5.09. The van der Waals surface area contributed by atoms with Crippen LogP contribution < -0.4 is 4.74 Å². The number of rotatable bonds is 9. The SMILES string of the molecule is CCN(CC)C(=O)COc1c(S(=O)(=O)CC)ccc(C(=O)C2=C(O)CCCC2=O)c1Cl. The van der Waals surface area contributed by atoms with Gasteiger partial charge in [-0.15, -0.1) is 0 Å². The van der Waals surface area contributed by atoms with Gasteiger partial charge in [0.2, 0.25) is 5.78 Å². The Morgan fingerprint density at radius 3 is 2.35 bits per heavy atom. The Kier molecular flexibility index (Phi) is 8.25. The first-order valence-corrected chi connectivity index (χ1v) is 12.1. The number of ketones is 2. The normalized spacial score (nSPS) is 14.5. The van der Waals surface area contributed by atoms with Crippen molar-refractivity contribution in [2.75, 3.05) is 25.4 Å². The van der Waals surface area contributed by atoms with Crippen LogP contribution in [0.1, 0.15) is 50.4 Å². The predicted octanol–water partition coefficient (Wildman–Crippen LogP) is 3.13. The average Bonchev–Trinajstić information content (AvgIpc) is 2.73. The molecule has 0 saturated carbocycles. The van der Waals surface area contributed by atoms with E-state index in [4.69, 9.17) is 16.3 Å². The van der Waals surface area contributed by atoms with Gasteiger partial charge in [0.1, 0.15) is 16.2 Å². The van der Waals surface area contributed by atoms with Crippen molar-refractivity contribution in [1.82, 2.24) is 4.90 Å². The van der Waals surface area contributed by atoms with Crippen LogP contribution in [-0.4, -0.2) is 61.3 Å². The van der Waals surface area contributed by atoms with Crippen LogP contribution in [0.3, 0.4) is 0 Å². The van der Waals surface area contributed by atoms with Gasteiger partial charge >= 0.3 is 0 Å². The van der Waals surface area contributed by atoms with E-state index in [0.29, 0.717) is 19.5 Å². The number of ether oxygens (including phenoxy) is 1. The lowest BCUT2D eigenvalue weighted by molar-refractivity contribution is -0.133. The minimum absolute atomic E-state index is 0.118. The summed E-state index contributed by atoms with van der Waals surface area (Å²) in [5.41, 5.74) is -0.539. The number of sulfone groups is 1. The summed E-state index contributed by atoms with van der Waals surface area (Å²) in [7, 11) is -3.79. The third kappa shape index (κ3) is 5.27. The highest BCUT2D eigenvalue weighted by atomic mass is 35.5. The van der Waals surface area contributed by atoms with Gasteiger partial charge in [-0.2, -0.15) is 0 Å². The first-order valence-electron chi connectivity index (χ1n) is 10.0. The fourth-order valence-corrected chi connectivity index (χ4v) is 4.66. The van der Waals surface area contributed by atoms with E-state index in [1.54, 1.807) is 13.8 Å². The summed E-state index contributed by atoms with van der Waals surface area (Å²) in [5, 5.41) is 9.73. The Bertz CT molecular complexity index is 1030. The number of halogens is 1. The van der Waals surface area contributed by atoms with Crippen molar-refractivity contribution in [2.45, 2.75) is 44.9 Å². The van der Waals surface area contributed by atoms with E-state index in [9.17, 15) is 27.9 Å². The summed E-state index contributed by atoms with van der Waals surface area (Å²) in [5.74, 6) is -2.58. The maximum absolute atomic E-state index is 13.0. The molecule has 8 nitrogen and oxygen atoms in total. The van der Waals surface area contributed by atoms with Crippen LogP contribution in [0.5, 0.6) is 5.75 Å². The Morgan fingerprint density at radius 1 is 1.16 bits per heavy atom. The zero-order valence-electron chi connectivity index (χ0n) is 17.7. The molecule has 1 aromatic rings. The van der Waals surface area contributed by atoms with E-state index in [-0.39, 0.29) is 57.1 Å². The molecule has 0 aromatic heterocycles. The number of hydrogen-bond acceptors (Lipinski definition) is 7. The molecule has 1 amide bonds. The second-order valence-corrected chi connectivity index (χ2v) is 9.56. The van der Waals surface area contributed by atoms with E-state index in [0.717, 1.165) is 0 Å². The summed E-state index contributed by atoms with van der Waals surface area (Å²) < 4.78 is 30.6. The first kappa shape index (κ1) is 24.9. The molecule has 0 aliphatic heterocycles. The molecule has 0 spiro atoms. The van der Waals surface area contributed by atoms with Gasteiger partial charge < -0.3 is 14.7 Å². The summed E-state index contributed by atoms with van der Waals surface area (Å²) >= 11 is 6.37. The van der Waals surface area contributed by atoms with Crippen LogP contribution in [0.2, 0.25) is 5.02 Å². The molecular weight excluding hydrogens is 446 g/mol. The fraction of sp³-hybridized carbons (Fsp3) is 0.476. The van der Waals surface area contributed by atoms with Gasteiger partial charge in [0.25, 0.3) is 5.91 Å². The number of carbonyl (C=O) groups excluding carboxylic acids is 3. The zero-order valence-corrected chi connectivity index (χ0v) is 19.3. The molecule has 1 aliphatic carbocycles. The van der Waals surface area contributed by atoms with Gasteiger partial charge in [-0.3, -0.25) is 14.4 Å². The van der Waals surface area contributed by atoms with Gasteiger partial charge in [-0.25, -0.2) is 8.42 Å². The van der Waals surface area contributed by atoms with Crippen LogP contribution in [0.25, 0.3) is 0 Å². The number of hydrogen-bond donors (Lipinski definition) is 1. The van der Waals surface area contributed by atoms with Crippen molar-refractivity contribution in [3.63, 3.8) is 0 Å².